The van der Waals surface area contributed by atoms with E-state index >= 15 is 0 Å². The molecular weight excluding hydrogens is 340 g/mol. The summed E-state index contributed by atoms with van der Waals surface area (Å²) in [7, 11) is 0. The molecule has 0 fully saturated rings. The van der Waals surface area contributed by atoms with Gasteiger partial charge in [0.05, 0.1) is 11.1 Å². The average Bonchev–Trinajstić information content (AvgIpc) is 2.46. The quantitative estimate of drug-likeness (QED) is 0.616. The maximum atomic E-state index is 9.87. The Labute approximate surface area is 130 Å². The highest BCUT2D eigenvalue weighted by molar-refractivity contribution is 9.10. The summed E-state index contributed by atoms with van der Waals surface area (Å²) in [5.74, 6) is 1.23. The number of anilines is 1. The molecule has 0 spiro atoms. The fourth-order valence-electron chi connectivity index (χ4n) is 1.43. The minimum Gasteiger partial charge on any atom is -0.491 e. The molecule has 1 aromatic heterocycles. The summed E-state index contributed by atoms with van der Waals surface area (Å²) < 4.78 is 6.42. The number of aliphatic hydroxyl groups excluding tert-OH is 1. The van der Waals surface area contributed by atoms with Crippen molar-refractivity contribution in [3.63, 3.8) is 0 Å². The predicted molar refractivity (Wildman–Crippen MR) is 85.0 cm³/mol. The zero-order valence-electron chi connectivity index (χ0n) is 10.7. The number of nitrogens with two attached hydrogens (primary N) is 1. The molecular formula is C14H15BrN2O2S. The highest BCUT2D eigenvalue weighted by Crippen LogP contribution is 2.19. The second kappa shape index (κ2) is 7.52. The van der Waals surface area contributed by atoms with Gasteiger partial charge < -0.3 is 15.6 Å². The predicted octanol–water partition coefficient (Wildman–Crippen LogP) is 2.96. The first-order valence-corrected chi connectivity index (χ1v) is 7.82. The van der Waals surface area contributed by atoms with Crippen molar-refractivity contribution in [1.82, 2.24) is 4.98 Å². The SMILES string of the molecule is Nc1ccc(OCC(O)CSc2ccc(Br)cn2)cc1. The number of halogens is 1. The molecule has 0 aliphatic rings. The third kappa shape index (κ3) is 5.03. The lowest BCUT2D eigenvalue weighted by molar-refractivity contribution is 0.126. The van der Waals surface area contributed by atoms with Crippen molar-refractivity contribution < 1.29 is 9.84 Å². The fourth-order valence-corrected chi connectivity index (χ4v) is 2.42. The number of aromatic nitrogens is 1. The van der Waals surface area contributed by atoms with E-state index in [2.05, 4.69) is 20.9 Å². The van der Waals surface area contributed by atoms with Crippen LogP contribution in [0.1, 0.15) is 0 Å². The van der Waals surface area contributed by atoms with E-state index in [1.165, 1.54) is 11.8 Å². The third-order valence-electron chi connectivity index (χ3n) is 2.45. The van der Waals surface area contributed by atoms with Crippen LogP contribution in [0.3, 0.4) is 0 Å². The van der Waals surface area contributed by atoms with Gasteiger partial charge in [-0.1, -0.05) is 0 Å². The Balaban J connectivity index is 1.73. The van der Waals surface area contributed by atoms with Gasteiger partial charge in [0.2, 0.25) is 0 Å². The molecule has 1 heterocycles. The second-order valence-electron chi connectivity index (χ2n) is 4.16. The highest BCUT2D eigenvalue weighted by atomic mass is 79.9. The van der Waals surface area contributed by atoms with Gasteiger partial charge in [0.15, 0.2) is 0 Å². The summed E-state index contributed by atoms with van der Waals surface area (Å²) in [5.41, 5.74) is 6.28. The normalized spacial score (nSPS) is 12.1. The maximum absolute atomic E-state index is 9.87. The largest absolute Gasteiger partial charge is 0.491 e. The Morgan fingerprint density at radius 3 is 2.65 bits per heavy atom. The van der Waals surface area contributed by atoms with Crippen LogP contribution < -0.4 is 10.5 Å². The zero-order chi connectivity index (χ0) is 14.4. The molecule has 1 atom stereocenters. The van der Waals surface area contributed by atoms with Crippen molar-refractivity contribution in [3.05, 3.63) is 47.1 Å². The van der Waals surface area contributed by atoms with Crippen molar-refractivity contribution >= 4 is 33.4 Å². The average molecular weight is 355 g/mol. The number of ether oxygens (including phenoxy) is 1. The van der Waals surface area contributed by atoms with E-state index < -0.39 is 6.10 Å². The molecule has 106 valence electrons. The fraction of sp³-hybridized carbons (Fsp3) is 0.214. The van der Waals surface area contributed by atoms with Crippen LogP contribution in [0.4, 0.5) is 5.69 Å². The maximum Gasteiger partial charge on any atom is 0.119 e. The van der Waals surface area contributed by atoms with E-state index in [4.69, 9.17) is 10.5 Å². The first kappa shape index (κ1) is 15.2. The summed E-state index contributed by atoms with van der Waals surface area (Å²) in [6.45, 7) is 0.243. The molecule has 0 saturated heterocycles. The summed E-state index contributed by atoms with van der Waals surface area (Å²) in [4.78, 5) is 4.23. The minimum atomic E-state index is -0.553. The molecule has 1 aromatic carbocycles. The van der Waals surface area contributed by atoms with Crippen LogP contribution in [0.5, 0.6) is 5.75 Å². The number of pyridine rings is 1. The number of hydrogen-bond donors (Lipinski definition) is 2. The van der Waals surface area contributed by atoms with Crippen LogP contribution in [0.25, 0.3) is 0 Å². The van der Waals surface area contributed by atoms with E-state index in [-0.39, 0.29) is 6.61 Å². The van der Waals surface area contributed by atoms with E-state index in [0.717, 1.165) is 9.50 Å². The van der Waals surface area contributed by atoms with Crippen LogP contribution in [-0.2, 0) is 0 Å². The van der Waals surface area contributed by atoms with Crippen molar-refractivity contribution in [2.75, 3.05) is 18.1 Å². The smallest absolute Gasteiger partial charge is 0.119 e. The lowest BCUT2D eigenvalue weighted by Crippen LogP contribution is -2.20. The van der Waals surface area contributed by atoms with Gasteiger partial charge in [-0.3, -0.25) is 0 Å². The van der Waals surface area contributed by atoms with E-state index in [0.29, 0.717) is 17.2 Å². The Morgan fingerprint density at radius 2 is 2.00 bits per heavy atom. The molecule has 0 amide bonds. The molecule has 0 bridgehead atoms. The van der Waals surface area contributed by atoms with Crippen LogP contribution in [0.2, 0.25) is 0 Å². The van der Waals surface area contributed by atoms with Crippen LogP contribution >= 0.6 is 27.7 Å². The zero-order valence-corrected chi connectivity index (χ0v) is 13.1. The van der Waals surface area contributed by atoms with Gasteiger partial charge >= 0.3 is 0 Å². The molecule has 3 N–H and O–H groups in total. The first-order chi connectivity index (χ1) is 9.63. The molecule has 2 rings (SSSR count). The Bertz CT molecular complexity index is 484. The lowest BCUT2D eigenvalue weighted by atomic mass is 10.3. The van der Waals surface area contributed by atoms with Crippen molar-refractivity contribution in [2.45, 2.75) is 11.1 Å². The summed E-state index contributed by atoms with van der Waals surface area (Å²) in [6, 6.07) is 10.9. The number of thioether (sulfide) groups is 1. The minimum absolute atomic E-state index is 0.243. The van der Waals surface area contributed by atoms with Gasteiger partial charge in [-0.2, -0.15) is 0 Å². The van der Waals surface area contributed by atoms with Gasteiger partial charge in [-0.15, -0.1) is 11.8 Å². The molecule has 4 nitrogen and oxygen atoms in total. The van der Waals surface area contributed by atoms with Gasteiger partial charge in [-0.25, -0.2) is 4.98 Å². The summed E-state index contributed by atoms with van der Waals surface area (Å²) >= 11 is 4.82. The molecule has 20 heavy (non-hydrogen) atoms. The Morgan fingerprint density at radius 1 is 1.25 bits per heavy atom. The van der Waals surface area contributed by atoms with Crippen LogP contribution in [0.15, 0.2) is 52.1 Å². The van der Waals surface area contributed by atoms with Gasteiger partial charge in [0, 0.05) is 22.1 Å². The summed E-state index contributed by atoms with van der Waals surface area (Å²) in [5, 5.41) is 10.7. The number of nitrogen functional groups attached to an aromatic ring is 1. The Hall–Kier alpha value is -1.24. The first-order valence-electron chi connectivity index (χ1n) is 6.04. The van der Waals surface area contributed by atoms with Gasteiger partial charge in [0.1, 0.15) is 12.4 Å². The molecule has 1 unspecified atom stereocenters. The number of nitrogens with zero attached hydrogens (tertiary/aromatic N) is 1. The molecule has 0 aliphatic carbocycles. The number of benzene rings is 1. The third-order valence-corrected chi connectivity index (χ3v) is 4.00. The highest BCUT2D eigenvalue weighted by Gasteiger charge is 2.07. The molecule has 2 aromatic rings. The van der Waals surface area contributed by atoms with Crippen molar-refractivity contribution in [1.29, 1.82) is 0 Å². The topological polar surface area (TPSA) is 68.4 Å². The summed E-state index contributed by atoms with van der Waals surface area (Å²) in [6.07, 6.45) is 1.18. The number of rotatable bonds is 6. The lowest BCUT2D eigenvalue weighted by Gasteiger charge is -2.12. The van der Waals surface area contributed by atoms with E-state index in [9.17, 15) is 5.11 Å². The van der Waals surface area contributed by atoms with Gasteiger partial charge in [-0.05, 0) is 52.3 Å². The van der Waals surface area contributed by atoms with E-state index in [1.807, 2.05) is 12.1 Å². The molecule has 6 heteroatoms. The number of hydrogen-bond acceptors (Lipinski definition) is 5. The van der Waals surface area contributed by atoms with Crippen molar-refractivity contribution in [2.24, 2.45) is 0 Å². The Kier molecular flexibility index (Phi) is 5.70. The van der Waals surface area contributed by atoms with Crippen molar-refractivity contribution in [3.8, 4) is 5.75 Å². The van der Waals surface area contributed by atoms with Crippen LogP contribution in [-0.4, -0.2) is 28.6 Å². The standard InChI is InChI=1S/C14H15BrN2O2S/c15-10-1-6-14(17-7-10)20-9-12(18)8-19-13-4-2-11(16)3-5-13/h1-7,12,18H,8-9,16H2. The molecule has 0 radical (unpaired) electrons. The number of aliphatic hydroxyl groups is 1. The molecule has 0 saturated carbocycles. The second-order valence-corrected chi connectivity index (χ2v) is 6.12. The van der Waals surface area contributed by atoms with Gasteiger partial charge in [0.25, 0.3) is 0 Å². The van der Waals surface area contributed by atoms with Crippen LogP contribution in [0, 0.1) is 0 Å². The monoisotopic (exact) mass is 354 g/mol. The van der Waals surface area contributed by atoms with E-state index in [1.54, 1.807) is 30.5 Å². The molecule has 0 aliphatic heterocycles.